The maximum atomic E-state index is 13.6. The molecule has 0 aliphatic carbocycles. The van der Waals surface area contributed by atoms with Gasteiger partial charge in [-0.25, -0.2) is 9.18 Å². The van der Waals surface area contributed by atoms with Crippen molar-refractivity contribution in [1.82, 2.24) is 15.0 Å². The lowest BCUT2D eigenvalue weighted by Gasteiger charge is -2.41. The van der Waals surface area contributed by atoms with Gasteiger partial charge in [-0.1, -0.05) is 5.16 Å². The van der Waals surface area contributed by atoms with Crippen molar-refractivity contribution in [1.29, 1.82) is 0 Å². The molecular formula is C20H26FN3O3. The number of rotatable bonds is 3. The minimum absolute atomic E-state index is 0.195. The van der Waals surface area contributed by atoms with Crippen LogP contribution in [-0.2, 0) is 4.74 Å². The number of hydrogen-bond acceptors (Lipinski definition) is 5. The maximum absolute atomic E-state index is 13.6. The van der Waals surface area contributed by atoms with E-state index in [4.69, 9.17) is 9.26 Å². The number of piperidine rings is 2. The Kier molecular flexibility index (Phi) is 5.29. The number of halogens is 1. The van der Waals surface area contributed by atoms with E-state index < -0.39 is 0 Å². The van der Waals surface area contributed by atoms with Crippen LogP contribution in [0.1, 0.15) is 44.2 Å². The molecule has 0 radical (unpaired) electrons. The predicted molar refractivity (Wildman–Crippen MR) is 99.1 cm³/mol. The number of carbonyl (C=O) groups excluding carboxylic acids is 1. The van der Waals surface area contributed by atoms with Crippen LogP contribution in [0.3, 0.4) is 0 Å². The number of aromatic nitrogens is 1. The SMILES string of the molecule is CCOC(=O)N1CCC(N2CCC(c3noc4ccc(F)cc34)CC2)CC1. The van der Waals surface area contributed by atoms with Crippen LogP contribution >= 0.6 is 0 Å². The molecule has 4 rings (SSSR count). The van der Waals surface area contributed by atoms with Gasteiger partial charge in [-0.3, -0.25) is 0 Å². The highest BCUT2D eigenvalue weighted by molar-refractivity contribution is 5.79. The van der Waals surface area contributed by atoms with E-state index in [0.717, 1.165) is 62.9 Å². The van der Waals surface area contributed by atoms with Gasteiger partial charge in [-0.2, -0.15) is 0 Å². The third kappa shape index (κ3) is 3.78. The Hall–Kier alpha value is -2.15. The molecule has 0 bridgehead atoms. The van der Waals surface area contributed by atoms with Gasteiger partial charge in [0.05, 0.1) is 12.3 Å². The molecule has 0 saturated carbocycles. The van der Waals surface area contributed by atoms with Gasteiger partial charge in [0.2, 0.25) is 0 Å². The molecule has 7 heteroatoms. The molecule has 146 valence electrons. The number of benzene rings is 1. The summed E-state index contributed by atoms with van der Waals surface area (Å²) in [4.78, 5) is 16.2. The summed E-state index contributed by atoms with van der Waals surface area (Å²) in [5, 5.41) is 5.03. The van der Waals surface area contributed by atoms with Crippen molar-refractivity contribution in [2.24, 2.45) is 0 Å². The molecule has 0 atom stereocenters. The van der Waals surface area contributed by atoms with Crippen molar-refractivity contribution >= 4 is 17.1 Å². The van der Waals surface area contributed by atoms with Gasteiger partial charge in [0.1, 0.15) is 5.82 Å². The number of likely N-dealkylation sites (tertiary alicyclic amines) is 2. The summed E-state index contributed by atoms with van der Waals surface area (Å²) in [5.41, 5.74) is 1.54. The van der Waals surface area contributed by atoms with E-state index in [1.165, 1.54) is 12.1 Å². The first kappa shape index (κ1) is 18.2. The van der Waals surface area contributed by atoms with Crippen LogP contribution in [0.15, 0.2) is 22.7 Å². The minimum atomic E-state index is -0.252. The normalized spacial score (nSPS) is 20.3. The van der Waals surface area contributed by atoms with E-state index in [1.807, 2.05) is 11.8 Å². The Morgan fingerprint density at radius 2 is 1.96 bits per heavy atom. The quantitative estimate of drug-likeness (QED) is 0.817. The highest BCUT2D eigenvalue weighted by Crippen LogP contribution is 2.34. The Labute approximate surface area is 158 Å². The maximum Gasteiger partial charge on any atom is 0.409 e. The molecule has 2 aromatic rings. The van der Waals surface area contributed by atoms with E-state index in [1.54, 1.807) is 6.07 Å². The van der Waals surface area contributed by atoms with Crippen LogP contribution in [0.25, 0.3) is 11.0 Å². The zero-order valence-electron chi connectivity index (χ0n) is 15.7. The standard InChI is InChI=1S/C20H26FN3O3/c1-2-26-20(25)24-11-7-16(8-12-24)23-9-5-14(6-10-23)19-17-13-15(21)3-4-18(17)27-22-19/h3-4,13-14,16H,2,5-12H2,1H3. The second kappa shape index (κ2) is 7.84. The van der Waals surface area contributed by atoms with Crippen LogP contribution in [0.2, 0.25) is 0 Å². The van der Waals surface area contributed by atoms with E-state index in [-0.39, 0.29) is 11.9 Å². The molecule has 2 aliphatic rings. The van der Waals surface area contributed by atoms with E-state index in [2.05, 4.69) is 10.1 Å². The Bertz CT molecular complexity index is 793. The van der Waals surface area contributed by atoms with E-state index >= 15 is 0 Å². The summed E-state index contributed by atoms with van der Waals surface area (Å²) >= 11 is 0. The van der Waals surface area contributed by atoms with Gasteiger partial charge < -0.3 is 19.1 Å². The molecule has 1 amide bonds. The predicted octanol–water partition coefficient (Wildman–Crippen LogP) is 3.77. The molecule has 2 saturated heterocycles. The number of fused-ring (bicyclic) bond motifs is 1. The molecule has 0 N–H and O–H groups in total. The molecule has 2 aliphatic heterocycles. The molecule has 2 fully saturated rings. The molecule has 1 aromatic heterocycles. The van der Waals surface area contributed by atoms with E-state index in [0.29, 0.717) is 24.1 Å². The molecule has 1 aromatic carbocycles. The second-order valence-electron chi connectivity index (χ2n) is 7.44. The first-order valence-corrected chi connectivity index (χ1v) is 9.86. The van der Waals surface area contributed by atoms with Crippen molar-refractivity contribution in [3.8, 4) is 0 Å². The van der Waals surface area contributed by atoms with Gasteiger partial charge in [0.15, 0.2) is 5.58 Å². The Morgan fingerprint density at radius 3 is 2.67 bits per heavy atom. The summed E-state index contributed by atoms with van der Waals surface area (Å²) in [6.07, 6.45) is 3.77. The average Bonchev–Trinajstić information content (AvgIpc) is 3.11. The van der Waals surface area contributed by atoms with Gasteiger partial charge in [0.25, 0.3) is 0 Å². The van der Waals surface area contributed by atoms with Crippen molar-refractivity contribution in [2.45, 2.75) is 44.6 Å². The lowest BCUT2D eigenvalue weighted by atomic mass is 9.90. The van der Waals surface area contributed by atoms with Gasteiger partial charge >= 0.3 is 6.09 Å². The van der Waals surface area contributed by atoms with Crippen molar-refractivity contribution in [2.75, 3.05) is 32.8 Å². The average molecular weight is 375 g/mol. The van der Waals surface area contributed by atoms with Crippen molar-refractivity contribution in [3.63, 3.8) is 0 Å². The first-order valence-electron chi connectivity index (χ1n) is 9.86. The van der Waals surface area contributed by atoms with Crippen molar-refractivity contribution in [3.05, 3.63) is 29.7 Å². The van der Waals surface area contributed by atoms with Gasteiger partial charge in [-0.15, -0.1) is 0 Å². The highest BCUT2D eigenvalue weighted by Gasteiger charge is 2.31. The Morgan fingerprint density at radius 1 is 1.22 bits per heavy atom. The fourth-order valence-electron chi connectivity index (χ4n) is 4.39. The zero-order chi connectivity index (χ0) is 18.8. The zero-order valence-corrected chi connectivity index (χ0v) is 15.7. The molecule has 3 heterocycles. The van der Waals surface area contributed by atoms with E-state index in [9.17, 15) is 9.18 Å². The highest BCUT2D eigenvalue weighted by atomic mass is 19.1. The number of carbonyl (C=O) groups is 1. The molecule has 27 heavy (non-hydrogen) atoms. The molecular weight excluding hydrogens is 349 g/mol. The molecule has 6 nitrogen and oxygen atoms in total. The number of amides is 1. The first-order chi connectivity index (χ1) is 13.2. The van der Waals surface area contributed by atoms with Crippen LogP contribution < -0.4 is 0 Å². The van der Waals surface area contributed by atoms with Crippen LogP contribution in [0.5, 0.6) is 0 Å². The third-order valence-electron chi connectivity index (χ3n) is 5.88. The molecule has 0 unspecified atom stereocenters. The smallest absolute Gasteiger partial charge is 0.409 e. The van der Waals surface area contributed by atoms with Gasteiger partial charge in [-0.05, 0) is 63.9 Å². The van der Waals surface area contributed by atoms with Crippen LogP contribution in [0, 0.1) is 5.82 Å². The fourth-order valence-corrected chi connectivity index (χ4v) is 4.39. The summed E-state index contributed by atoms with van der Waals surface area (Å²) in [6, 6.07) is 5.09. The van der Waals surface area contributed by atoms with Crippen LogP contribution in [-0.4, -0.2) is 59.9 Å². The van der Waals surface area contributed by atoms with Gasteiger partial charge in [0, 0.05) is 30.4 Å². The number of ether oxygens (including phenoxy) is 1. The Balaban J connectivity index is 1.33. The minimum Gasteiger partial charge on any atom is -0.450 e. The summed E-state index contributed by atoms with van der Waals surface area (Å²) < 4.78 is 24.1. The van der Waals surface area contributed by atoms with Crippen LogP contribution in [0.4, 0.5) is 9.18 Å². The fraction of sp³-hybridized carbons (Fsp3) is 0.600. The number of nitrogens with zero attached hydrogens (tertiary/aromatic N) is 3. The lowest BCUT2D eigenvalue weighted by molar-refractivity contribution is 0.0660. The molecule has 0 spiro atoms. The van der Waals surface area contributed by atoms with Crippen molar-refractivity contribution < 1.29 is 18.4 Å². The lowest BCUT2D eigenvalue weighted by Crippen LogP contribution is -2.49. The summed E-state index contributed by atoms with van der Waals surface area (Å²) in [6.45, 7) is 5.78. The topological polar surface area (TPSA) is 58.8 Å². The second-order valence-corrected chi connectivity index (χ2v) is 7.44. The summed E-state index contributed by atoms with van der Waals surface area (Å²) in [7, 11) is 0. The number of hydrogen-bond donors (Lipinski definition) is 0. The largest absolute Gasteiger partial charge is 0.450 e. The third-order valence-corrected chi connectivity index (χ3v) is 5.88. The summed E-state index contributed by atoms with van der Waals surface area (Å²) in [5.74, 6) is 0.0571. The monoisotopic (exact) mass is 375 g/mol.